The molecule has 0 saturated carbocycles. The summed E-state index contributed by atoms with van der Waals surface area (Å²) in [5, 5.41) is 14.9. The highest BCUT2D eigenvalue weighted by atomic mass is 32.1. The third-order valence-corrected chi connectivity index (χ3v) is 3.58. The highest BCUT2D eigenvalue weighted by Crippen LogP contribution is 2.23. The number of rotatable bonds is 3. The van der Waals surface area contributed by atoms with Crippen molar-refractivity contribution in [2.45, 2.75) is 18.9 Å². The SMILES string of the molecule is O=C1CCC(NC(=O)c2ccc([N+](=O)[O-])s2)C(=O)N1. The van der Waals surface area contributed by atoms with Crippen LogP contribution in [0.4, 0.5) is 5.00 Å². The number of nitrogens with one attached hydrogen (secondary N) is 2. The van der Waals surface area contributed by atoms with E-state index in [2.05, 4.69) is 10.6 Å². The summed E-state index contributed by atoms with van der Waals surface area (Å²) in [5.41, 5.74) is 0. The molecule has 1 fully saturated rings. The molecule has 1 aliphatic rings. The van der Waals surface area contributed by atoms with E-state index in [-0.39, 0.29) is 28.6 Å². The standard InChI is InChI=1S/C10H9N3O5S/c14-7-3-1-5(9(15)12-7)11-10(16)6-2-4-8(19-6)13(17)18/h2,4-5H,1,3H2,(H,11,16)(H,12,14,15). The number of carbonyl (C=O) groups is 3. The maximum absolute atomic E-state index is 11.8. The lowest BCUT2D eigenvalue weighted by molar-refractivity contribution is -0.380. The summed E-state index contributed by atoms with van der Waals surface area (Å²) in [6.45, 7) is 0. The second-order valence-corrected chi connectivity index (χ2v) is 4.93. The average molecular weight is 283 g/mol. The van der Waals surface area contributed by atoms with Gasteiger partial charge in [0, 0.05) is 12.5 Å². The topological polar surface area (TPSA) is 118 Å². The Morgan fingerprint density at radius 3 is 2.79 bits per heavy atom. The second kappa shape index (κ2) is 5.14. The van der Waals surface area contributed by atoms with Crippen molar-refractivity contribution in [2.24, 2.45) is 0 Å². The molecule has 0 aliphatic carbocycles. The molecule has 1 unspecified atom stereocenters. The summed E-state index contributed by atoms with van der Waals surface area (Å²) >= 11 is 0.730. The number of nitro groups is 1. The summed E-state index contributed by atoms with van der Waals surface area (Å²) in [5.74, 6) is -1.49. The number of carbonyl (C=O) groups excluding carboxylic acids is 3. The van der Waals surface area contributed by atoms with Crippen LogP contribution in [0.2, 0.25) is 0 Å². The molecule has 2 rings (SSSR count). The van der Waals surface area contributed by atoms with Crippen LogP contribution < -0.4 is 10.6 Å². The number of hydrogen-bond acceptors (Lipinski definition) is 6. The number of amides is 3. The first-order chi connectivity index (χ1) is 8.97. The quantitative estimate of drug-likeness (QED) is 0.466. The van der Waals surface area contributed by atoms with Crippen LogP contribution in [-0.4, -0.2) is 28.7 Å². The summed E-state index contributed by atoms with van der Waals surface area (Å²) in [6, 6.07) is 1.76. The maximum atomic E-state index is 11.8. The third kappa shape index (κ3) is 2.94. The normalized spacial score (nSPS) is 18.8. The Balaban J connectivity index is 2.02. The molecule has 2 N–H and O–H groups in total. The zero-order valence-electron chi connectivity index (χ0n) is 9.54. The van der Waals surface area contributed by atoms with E-state index in [0.29, 0.717) is 0 Å². The smallest absolute Gasteiger partial charge is 0.324 e. The van der Waals surface area contributed by atoms with Crippen molar-refractivity contribution in [1.29, 1.82) is 0 Å². The number of nitrogens with zero attached hydrogens (tertiary/aromatic N) is 1. The van der Waals surface area contributed by atoms with Crippen molar-refractivity contribution in [3.8, 4) is 0 Å². The van der Waals surface area contributed by atoms with Crippen molar-refractivity contribution >= 4 is 34.1 Å². The van der Waals surface area contributed by atoms with E-state index in [1.165, 1.54) is 12.1 Å². The van der Waals surface area contributed by atoms with Crippen molar-refractivity contribution in [3.05, 3.63) is 27.1 Å². The predicted octanol–water partition coefficient (Wildman–Crippen LogP) is 0.191. The lowest BCUT2D eigenvalue weighted by Gasteiger charge is -2.21. The molecular formula is C10H9N3O5S. The minimum Gasteiger partial charge on any atom is -0.340 e. The Bertz CT molecular complexity index is 567. The van der Waals surface area contributed by atoms with Gasteiger partial charge in [0.1, 0.15) is 6.04 Å². The molecule has 8 nitrogen and oxygen atoms in total. The molecule has 0 bridgehead atoms. The largest absolute Gasteiger partial charge is 0.340 e. The van der Waals surface area contributed by atoms with E-state index in [9.17, 15) is 24.5 Å². The first-order valence-corrected chi connectivity index (χ1v) is 6.18. The van der Waals surface area contributed by atoms with Gasteiger partial charge in [0.15, 0.2) is 0 Å². The Labute approximate surface area is 110 Å². The van der Waals surface area contributed by atoms with Gasteiger partial charge in [-0.2, -0.15) is 0 Å². The Morgan fingerprint density at radius 1 is 1.47 bits per heavy atom. The fourth-order valence-electron chi connectivity index (χ4n) is 1.61. The molecule has 100 valence electrons. The van der Waals surface area contributed by atoms with E-state index in [0.717, 1.165) is 11.3 Å². The van der Waals surface area contributed by atoms with E-state index in [4.69, 9.17) is 0 Å². The molecule has 1 aromatic heterocycles. The summed E-state index contributed by atoms with van der Waals surface area (Å²) in [6.07, 6.45) is 0.380. The monoisotopic (exact) mass is 283 g/mol. The van der Waals surface area contributed by atoms with E-state index in [1.54, 1.807) is 0 Å². The van der Waals surface area contributed by atoms with Crippen LogP contribution in [0, 0.1) is 10.1 Å². The van der Waals surface area contributed by atoms with E-state index in [1.807, 2.05) is 0 Å². The Kier molecular flexibility index (Phi) is 3.56. The predicted molar refractivity (Wildman–Crippen MR) is 64.6 cm³/mol. The van der Waals surface area contributed by atoms with Gasteiger partial charge < -0.3 is 5.32 Å². The van der Waals surface area contributed by atoms with Gasteiger partial charge in [-0.3, -0.25) is 29.8 Å². The minimum absolute atomic E-state index is 0.145. The molecule has 1 atom stereocenters. The molecule has 19 heavy (non-hydrogen) atoms. The number of thiophene rings is 1. The average Bonchev–Trinajstić information content (AvgIpc) is 2.82. The van der Waals surface area contributed by atoms with Gasteiger partial charge in [-0.25, -0.2) is 0 Å². The molecule has 9 heteroatoms. The van der Waals surface area contributed by atoms with Crippen molar-refractivity contribution in [1.82, 2.24) is 10.6 Å². The lowest BCUT2D eigenvalue weighted by Crippen LogP contribution is -2.52. The van der Waals surface area contributed by atoms with Gasteiger partial charge in [-0.1, -0.05) is 11.3 Å². The molecule has 0 aromatic carbocycles. The first kappa shape index (κ1) is 13.1. The molecular weight excluding hydrogens is 274 g/mol. The zero-order valence-corrected chi connectivity index (χ0v) is 10.4. The van der Waals surface area contributed by atoms with Gasteiger partial charge in [0.25, 0.3) is 5.91 Å². The van der Waals surface area contributed by atoms with Crippen LogP contribution in [-0.2, 0) is 9.59 Å². The Hall–Kier alpha value is -2.29. The molecule has 0 spiro atoms. The lowest BCUT2D eigenvalue weighted by atomic mass is 10.1. The van der Waals surface area contributed by atoms with Crippen molar-refractivity contribution in [3.63, 3.8) is 0 Å². The van der Waals surface area contributed by atoms with Gasteiger partial charge in [-0.15, -0.1) is 0 Å². The minimum atomic E-state index is -0.786. The summed E-state index contributed by atoms with van der Waals surface area (Å²) in [4.78, 5) is 44.2. The molecule has 1 aliphatic heterocycles. The number of hydrogen-bond donors (Lipinski definition) is 2. The van der Waals surface area contributed by atoms with Crippen LogP contribution in [0.1, 0.15) is 22.5 Å². The van der Waals surface area contributed by atoms with E-state index < -0.39 is 22.8 Å². The van der Waals surface area contributed by atoms with Gasteiger partial charge >= 0.3 is 5.00 Å². The highest BCUT2D eigenvalue weighted by molar-refractivity contribution is 7.17. The highest BCUT2D eigenvalue weighted by Gasteiger charge is 2.28. The van der Waals surface area contributed by atoms with Crippen molar-refractivity contribution in [2.75, 3.05) is 0 Å². The van der Waals surface area contributed by atoms with E-state index >= 15 is 0 Å². The summed E-state index contributed by atoms with van der Waals surface area (Å²) in [7, 11) is 0. The van der Waals surface area contributed by atoms with Crippen molar-refractivity contribution < 1.29 is 19.3 Å². The van der Waals surface area contributed by atoms with Crippen LogP contribution in [0.25, 0.3) is 0 Å². The van der Waals surface area contributed by atoms with Gasteiger partial charge in [0.2, 0.25) is 11.8 Å². The summed E-state index contributed by atoms with van der Waals surface area (Å²) < 4.78 is 0. The second-order valence-electron chi connectivity index (χ2n) is 3.87. The molecule has 1 saturated heterocycles. The zero-order chi connectivity index (χ0) is 14.0. The van der Waals surface area contributed by atoms with Crippen LogP contribution in [0.5, 0.6) is 0 Å². The number of imide groups is 1. The Morgan fingerprint density at radius 2 is 2.21 bits per heavy atom. The molecule has 3 amide bonds. The molecule has 1 aromatic rings. The number of piperidine rings is 1. The third-order valence-electron chi connectivity index (χ3n) is 2.54. The maximum Gasteiger partial charge on any atom is 0.324 e. The molecule has 0 radical (unpaired) electrons. The van der Waals surface area contributed by atoms with Crippen LogP contribution in [0.3, 0.4) is 0 Å². The fourth-order valence-corrected chi connectivity index (χ4v) is 2.33. The van der Waals surface area contributed by atoms with Gasteiger partial charge in [0.05, 0.1) is 9.80 Å². The fraction of sp³-hybridized carbons (Fsp3) is 0.300. The van der Waals surface area contributed by atoms with Gasteiger partial charge in [-0.05, 0) is 12.5 Å². The van der Waals surface area contributed by atoms with Crippen LogP contribution >= 0.6 is 11.3 Å². The van der Waals surface area contributed by atoms with Crippen LogP contribution in [0.15, 0.2) is 12.1 Å². The first-order valence-electron chi connectivity index (χ1n) is 5.36. The molecule has 2 heterocycles.